The molecule has 0 N–H and O–H groups in total. The molecule has 0 fully saturated rings. The Labute approximate surface area is 109 Å². The number of hydrogen-bond donors (Lipinski definition) is 0. The van der Waals surface area contributed by atoms with E-state index in [-0.39, 0.29) is 5.75 Å². The number of hydrogen-bond acceptors (Lipinski definition) is 1. The summed E-state index contributed by atoms with van der Waals surface area (Å²) < 4.78 is 39.9. The Morgan fingerprint density at radius 3 is 2.11 bits per heavy atom. The van der Waals surface area contributed by atoms with Gasteiger partial charge < -0.3 is 4.74 Å². The van der Waals surface area contributed by atoms with Crippen LogP contribution in [0, 0.1) is 6.07 Å². The Bertz CT molecular complexity index is 527. The van der Waals surface area contributed by atoms with Gasteiger partial charge in [-0.05, 0) is 47.4 Å². The first kappa shape index (κ1) is 13.5. The number of rotatable bonds is 3. The third-order valence-electron chi connectivity index (χ3n) is 2.68. The molecule has 0 saturated carbocycles. The van der Waals surface area contributed by atoms with Gasteiger partial charge >= 0.3 is 6.36 Å². The van der Waals surface area contributed by atoms with Crippen LogP contribution in [0.15, 0.2) is 42.5 Å². The monoisotopic (exact) mass is 265 g/mol. The minimum atomic E-state index is -4.65. The summed E-state index contributed by atoms with van der Waals surface area (Å²) in [6, 6.07) is 14.6. The number of ether oxygens (including phenoxy) is 1. The van der Waals surface area contributed by atoms with E-state index in [0.717, 1.165) is 23.1 Å². The van der Waals surface area contributed by atoms with E-state index in [1.165, 1.54) is 12.1 Å². The van der Waals surface area contributed by atoms with Gasteiger partial charge in [-0.2, -0.15) is 0 Å². The molecule has 0 unspecified atom stereocenters. The van der Waals surface area contributed by atoms with E-state index in [0.29, 0.717) is 0 Å². The maximum Gasteiger partial charge on any atom is 0.573 e. The summed E-state index contributed by atoms with van der Waals surface area (Å²) in [6.07, 6.45) is -3.75. The van der Waals surface area contributed by atoms with Crippen LogP contribution >= 0.6 is 0 Å². The first-order chi connectivity index (χ1) is 8.98. The van der Waals surface area contributed by atoms with Crippen molar-refractivity contribution in [3.63, 3.8) is 0 Å². The van der Waals surface area contributed by atoms with E-state index in [2.05, 4.69) is 10.8 Å². The lowest BCUT2D eigenvalue weighted by molar-refractivity contribution is -0.274. The maximum atomic E-state index is 12.0. The quantitative estimate of drug-likeness (QED) is 0.787. The summed E-state index contributed by atoms with van der Waals surface area (Å²) in [5.41, 5.74) is 2.84. The van der Waals surface area contributed by atoms with Gasteiger partial charge in [0.1, 0.15) is 5.75 Å². The van der Waals surface area contributed by atoms with Crippen LogP contribution in [-0.4, -0.2) is 6.36 Å². The van der Waals surface area contributed by atoms with Gasteiger partial charge in [0.25, 0.3) is 0 Å². The Kier molecular flexibility index (Phi) is 3.79. The van der Waals surface area contributed by atoms with Gasteiger partial charge in [-0.1, -0.05) is 31.2 Å². The molecule has 0 atom stereocenters. The van der Waals surface area contributed by atoms with Crippen LogP contribution < -0.4 is 4.74 Å². The molecule has 0 heterocycles. The molecule has 19 heavy (non-hydrogen) atoms. The van der Waals surface area contributed by atoms with Gasteiger partial charge in [-0.3, -0.25) is 0 Å². The lowest BCUT2D eigenvalue weighted by atomic mass is 10.0. The predicted octanol–water partition coefficient (Wildman–Crippen LogP) is 4.61. The SMILES string of the molecule is CCc1[c]cc(-c2ccc(OC(F)(F)F)cc2)cc1. The second-order valence-electron chi connectivity index (χ2n) is 4.03. The summed E-state index contributed by atoms with van der Waals surface area (Å²) in [7, 11) is 0. The molecule has 1 radical (unpaired) electrons. The fourth-order valence-electron chi connectivity index (χ4n) is 1.71. The first-order valence-corrected chi connectivity index (χ1v) is 5.85. The third kappa shape index (κ3) is 3.74. The van der Waals surface area contributed by atoms with Crippen LogP contribution in [0.2, 0.25) is 0 Å². The van der Waals surface area contributed by atoms with E-state index >= 15 is 0 Å². The van der Waals surface area contributed by atoms with Crippen molar-refractivity contribution < 1.29 is 17.9 Å². The van der Waals surface area contributed by atoms with Crippen LogP contribution in [0.25, 0.3) is 11.1 Å². The molecule has 0 aromatic heterocycles. The van der Waals surface area contributed by atoms with Crippen molar-refractivity contribution in [2.75, 3.05) is 0 Å². The molecule has 0 saturated heterocycles. The van der Waals surface area contributed by atoms with Gasteiger partial charge in [-0.15, -0.1) is 13.2 Å². The summed E-state index contributed by atoms with van der Waals surface area (Å²) in [4.78, 5) is 0. The van der Waals surface area contributed by atoms with Gasteiger partial charge in [0.05, 0.1) is 0 Å². The molecule has 2 aromatic carbocycles. The molecule has 2 rings (SSSR count). The fourth-order valence-corrected chi connectivity index (χ4v) is 1.71. The number of halogens is 3. The van der Waals surface area contributed by atoms with Gasteiger partial charge in [0, 0.05) is 0 Å². The first-order valence-electron chi connectivity index (χ1n) is 5.85. The molecular formula is C15H12F3O. The van der Waals surface area contributed by atoms with Gasteiger partial charge in [-0.25, -0.2) is 0 Å². The lowest BCUT2D eigenvalue weighted by Crippen LogP contribution is -2.16. The highest BCUT2D eigenvalue weighted by molar-refractivity contribution is 5.64. The number of benzene rings is 2. The topological polar surface area (TPSA) is 9.23 Å². The predicted molar refractivity (Wildman–Crippen MR) is 66.8 cm³/mol. The van der Waals surface area contributed by atoms with Crippen LogP contribution in [-0.2, 0) is 6.42 Å². The Morgan fingerprint density at radius 1 is 1.00 bits per heavy atom. The Hall–Kier alpha value is -1.97. The van der Waals surface area contributed by atoms with Gasteiger partial charge in [0.2, 0.25) is 0 Å². The van der Waals surface area contributed by atoms with E-state index in [4.69, 9.17) is 0 Å². The molecule has 2 aromatic rings. The Morgan fingerprint density at radius 2 is 1.63 bits per heavy atom. The molecule has 4 heteroatoms. The lowest BCUT2D eigenvalue weighted by Gasteiger charge is -2.09. The van der Waals surface area contributed by atoms with E-state index in [1.54, 1.807) is 12.1 Å². The fraction of sp³-hybridized carbons (Fsp3) is 0.200. The molecule has 0 aliphatic heterocycles. The number of aryl methyl sites for hydroxylation is 1. The van der Waals surface area contributed by atoms with Crippen molar-refractivity contribution in [2.45, 2.75) is 19.7 Å². The van der Waals surface area contributed by atoms with Crippen molar-refractivity contribution in [1.82, 2.24) is 0 Å². The highest BCUT2D eigenvalue weighted by Gasteiger charge is 2.30. The molecule has 0 amide bonds. The third-order valence-corrected chi connectivity index (χ3v) is 2.68. The van der Waals surface area contributed by atoms with Crippen molar-refractivity contribution >= 4 is 0 Å². The van der Waals surface area contributed by atoms with Crippen molar-refractivity contribution in [3.05, 3.63) is 54.1 Å². The summed E-state index contributed by atoms with van der Waals surface area (Å²) in [5.74, 6) is -0.217. The largest absolute Gasteiger partial charge is 0.573 e. The highest BCUT2D eigenvalue weighted by Crippen LogP contribution is 2.26. The zero-order valence-corrected chi connectivity index (χ0v) is 10.3. The molecule has 0 aliphatic rings. The van der Waals surface area contributed by atoms with Gasteiger partial charge in [0.15, 0.2) is 0 Å². The van der Waals surface area contributed by atoms with E-state index in [9.17, 15) is 13.2 Å². The zero-order chi connectivity index (χ0) is 13.9. The minimum Gasteiger partial charge on any atom is -0.406 e. The smallest absolute Gasteiger partial charge is 0.406 e. The average Bonchev–Trinajstić information content (AvgIpc) is 2.38. The second kappa shape index (κ2) is 5.34. The number of alkyl halides is 3. The van der Waals surface area contributed by atoms with Crippen molar-refractivity contribution in [2.24, 2.45) is 0 Å². The molecule has 0 spiro atoms. The maximum absolute atomic E-state index is 12.0. The molecule has 1 nitrogen and oxygen atoms in total. The normalized spacial score (nSPS) is 11.4. The van der Waals surface area contributed by atoms with E-state index in [1.807, 2.05) is 25.1 Å². The molecular weight excluding hydrogens is 253 g/mol. The summed E-state index contributed by atoms with van der Waals surface area (Å²) >= 11 is 0. The standard InChI is InChI=1S/C15H12F3O/c1-2-11-3-5-12(6-4-11)13-7-9-14(10-8-13)19-15(16,17)18/h3,5-10H,2H2,1H3. The average molecular weight is 265 g/mol. The summed E-state index contributed by atoms with van der Waals surface area (Å²) in [5, 5.41) is 0. The molecule has 0 aliphatic carbocycles. The van der Waals surface area contributed by atoms with Crippen LogP contribution in [0.5, 0.6) is 5.75 Å². The Balaban J connectivity index is 2.17. The molecule has 0 bridgehead atoms. The van der Waals surface area contributed by atoms with E-state index < -0.39 is 6.36 Å². The van der Waals surface area contributed by atoms with Crippen LogP contribution in [0.3, 0.4) is 0 Å². The molecule has 99 valence electrons. The summed E-state index contributed by atoms with van der Waals surface area (Å²) in [6.45, 7) is 2.04. The van der Waals surface area contributed by atoms with Crippen molar-refractivity contribution in [3.8, 4) is 16.9 Å². The van der Waals surface area contributed by atoms with Crippen LogP contribution in [0.1, 0.15) is 12.5 Å². The second-order valence-corrected chi connectivity index (χ2v) is 4.03. The highest BCUT2D eigenvalue weighted by atomic mass is 19.4. The minimum absolute atomic E-state index is 0.217. The zero-order valence-electron chi connectivity index (χ0n) is 10.3. The van der Waals surface area contributed by atoms with Crippen molar-refractivity contribution in [1.29, 1.82) is 0 Å². The van der Waals surface area contributed by atoms with Crippen LogP contribution in [0.4, 0.5) is 13.2 Å².